The average molecular weight is 478 g/mol. The second-order valence-electron chi connectivity index (χ2n) is 7.97. The number of nitrogens with one attached hydrogen (secondary N) is 2. The Labute approximate surface area is 194 Å². The van der Waals surface area contributed by atoms with E-state index in [1.165, 1.54) is 28.6 Å². The molecule has 2 atom stereocenters. The van der Waals surface area contributed by atoms with E-state index in [4.69, 9.17) is 11.6 Å². The molecule has 1 fully saturated rings. The molecule has 1 heterocycles. The monoisotopic (exact) mass is 477 g/mol. The summed E-state index contributed by atoms with van der Waals surface area (Å²) in [7, 11) is -3.73. The van der Waals surface area contributed by atoms with Crippen LogP contribution in [0.2, 0.25) is 5.02 Å². The van der Waals surface area contributed by atoms with E-state index >= 15 is 0 Å². The molecule has 1 aliphatic rings. The molecule has 172 valence electrons. The number of hydrogen-bond acceptors (Lipinski definition) is 4. The molecule has 0 unspecified atom stereocenters. The number of nitrogens with zero attached hydrogens (tertiary/aromatic N) is 1. The Kier molecular flexibility index (Phi) is 7.92. The molecule has 2 aromatic carbocycles. The number of carbonyl (C=O) groups is 2. The molecule has 9 heteroatoms. The molecular weight excluding hydrogens is 450 g/mol. The third-order valence-corrected chi connectivity index (χ3v) is 7.76. The zero-order valence-electron chi connectivity index (χ0n) is 18.2. The third-order valence-electron chi connectivity index (χ3n) is 5.63. The van der Waals surface area contributed by atoms with Crippen molar-refractivity contribution >= 4 is 39.1 Å². The predicted molar refractivity (Wildman–Crippen MR) is 125 cm³/mol. The number of hydrogen-bond donors (Lipinski definition) is 2. The summed E-state index contributed by atoms with van der Waals surface area (Å²) in [4.78, 5) is 25.7. The summed E-state index contributed by atoms with van der Waals surface area (Å²) in [5.74, 6) is -1.08. The van der Waals surface area contributed by atoms with Crippen molar-refractivity contribution < 1.29 is 18.0 Å². The second kappa shape index (κ2) is 10.5. The summed E-state index contributed by atoms with van der Waals surface area (Å²) in [5.41, 5.74) is 0.790. The number of sulfonamides is 1. The molecule has 1 saturated heterocycles. The van der Waals surface area contributed by atoms with Crippen molar-refractivity contribution in [3.8, 4) is 0 Å². The fourth-order valence-electron chi connectivity index (χ4n) is 3.56. The first-order valence-corrected chi connectivity index (χ1v) is 12.5. The lowest BCUT2D eigenvalue weighted by molar-refractivity contribution is -0.120. The summed E-state index contributed by atoms with van der Waals surface area (Å²) in [6.07, 6.45) is 1.93. The molecule has 2 N–H and O–H groups in total. The van der Waals surface area contributed by atoms with Crippen LogP contribution in [-0.4, -0.2) is 43.7 Å². The first kappa shape index (κ1) is 24.2. The summed E-state index contributed by atoms with van der Waals surface area (Å²) in [6, 6.07) is 12.8. The molecule has 0 bridgehead atoms. The number of halogens is 1. The Morgan fingerprint density at radius 2 is 1.84 bits per heavy atom. The van der Waals surface area contributed by atoms with Crippen LogP contribution in [0.5, 0.6) is 0 Å². The maximum absolute atomic E-state index is 13.0. The fourth-order valence-corrected chi connectivity index (χ4v) is 5.21. The number of para-hydroxylation sites is 1. The second-order valence-corrected chi connectivity index (χ2v) is 10.3. The van der Waals surface area contributed by atoms with Gasteiger partial charge >= 0.3 is 0 Å². The van der Waals surface area contributed by atoms with Crippen LogP contribution in [0.25, 0.3) is 0 Å². The molecule has 0 spiro atoms. The highest BCUT2D eigenvalue weighted by Gasteiger charge is 2.33. The number of amides is 2. The minimum absolute atomic E-state index is 0.0104. The Balaban J connectivity index is 1.73. The zero-order chi connectivity index (χ0) is 23.3. The fraction of sp³-hybridized carbons (Fsp3) is 0.391. The van der Waals surface area contributed by atoms with E-state index in [-0.39, 0.29) is 29.3 Å². The highest BCUT2D eigenvalue weighted by molar-refractivity contribution is 7.89. The van der Waals surface area contributed by atoms with Crippen LogP contribution in [0.4, 0.5) is 5.69 Å². The van der Waals surface area contributed by atoms with E-state index in [2.05, 4.69) is 10.6 Å². The molecule has 0 radical (unpaired) electrons. The molecule has 1 aliphatic heterocycles. The van der Waals surface area contributed by atoms with Crippen LogP contribution in [0.3, 0.4) is 0 Å². The molecular formula is C23H28ClN3O4S. The lowest BCUT2D eigenvalue weighted by atomic mass is 9.98. The molecule has 3 rings (SSSR count). The van der Waals surface area contributed by atoms with Crippen molar-refractivity contribution in [2.24, 2.45) is 5.92 Å². The van der Waals surface area contributed by atoms with E-state index in [0.717, 1.165) is 6.42 Å². The van der Waals surface area contributed by atoms with Gasteiger partial charge in [0.25, 0.3) is 5.91 Å². The molecule has 0 aromatic heterocycles. The Bertz CT molecular complexity index is 1070. The van der Waals surface area contributed by atoms with Gasteiger partial charge in [0.15, 0.2) is 0 Å². The van der Waals surface area contributed by atoms with Gasteiger partial charge in [-0.2, -0.15) is 4.31 Å². The van der Waals surface area contributed by atoms with Gasteiger partial charge in [-0.05, 0) is 62.6 Å². The van der Waals surface area contributed by atoms with Gasteiger partial charge in [0, 0.05) is 24.2 Å². The minimum atomic E-state index is -3.73. The predicted octanol–water partition coefficient (Wildman–Crippen LogP) is 3.91. The quantitative estimate of drug-likeness (QED) is 0.632. The Morgan fingerprint density at radius 1 is 1.16 bits per heavy atom. The summed E-state index contributed by atoms with van der Waals surface area (Å²) < 4.78 is 27.3. The van der Waals surface area contributed by atoms with E-state index in [1.807, 2.05) is 13.8 Å². The van der Waals surface area contributed by atoms with Gasteiger partial charge in [0.1, 0.15) is 0 Å². The molecule has 2 amide bonds. The summed E-state index contributed by atoms with van der Waals surface area (Å²) in [6.45, 7) is 4.32. The van der Waals surface area contributed by atoms with Gasteiger partial charge < -0.3 is 10.6 Å². The maximum atomic E-state index is 13.0. The molecule has 32 heavy (non-hydrogen) atoms. The van der Waals surface area contributed by atoms with Crippen LogP contribution >= 0.6 is 11.6 Å². The van der Waals surface area contributed by atoms with E-state index < -0.39 is 15.9 Å². The topological polar surface area (TPSA) is 95.6 Å². The van der Waals surface area contributed by atoms with Crippen molar-refractivity contribution in [3.05, 3.63) is 59.1 Å². The Hall–Kier alpha value is -2.42. The van der Waals surface area contributed by atoms with Crippen LogP contribution < -0.4 is 10.6 Å². The number of piperidine rings is 1. The first-order chi connectivity index (χ1) is 15.2. The Morgan fingerprint density at radius 3 is 2.53 bits per heavy atom. The van der Waals surface area contributed by atoms with Gasteiger partial charge in [-0.15, -0.1) is 0 Å². The number of anilines is 1. The van der Waals surface area contributed by atoms with Gasteiger partial charge in [0.05, 0.1) is 22.1 Å². The van der Waals surface area contributed by atoms with Crippen molar-refractivity contribution in [3.63, 3.8) is 0 Å². The normalized spacial score (nSPS) is 18.0. The lowest BCUT2D eigenvalue weighted by Gasteiger charge is -2.31. The zero-order valence-corrected chi connectivity index (χ0v) is 19.7. The molecule has 0 saturated carbocycles. The minimum Gasteiger partial charge on any atom is -0.350 e. The standard InChI is InChI=1S/C23H28ClN3O4S/c1-3-16(2)25-23(29)20-8-4-5-9-21(20)26-22(28)17-7-6-14-27(15-17)32(30,31)19-12-10-18(24)11-13-19/h4-5,8-13,16-17H,3,6-7,14-15H2,1-2H3,(H,25,29)(H,26,28)/t16-,17+/m1/s1. The number of benzene rings is 2. The van der Waals surface area contributed by atoms with Gasteiger partial charge in [-0.25, -0.2) is 8.42 Å². The molecule has 0 aliphatic carbocycles. The van der Waals surface area contributed by atoms with E-state index in [1.54, 1.807) is 24.3 Å². The van der Waals surface area contributed by atoms with Crippen LogP contribution in [0.1, 0.15) is 43.5 Å². The first-order valence-electron chi connectivity index (χ1n) is 10.7. The average Bonchev–Trinajstić information content (AvgIpc) is 2.79. The largest absolute Gasteiger partial charge is 0.350 e. The highest BCUT2D eigenvalue weighted by Crippen LogP contribution is 2.26. The summed E-state index contributed by atoms with van der Waals surface area (Å²) in [5, 5.41) is 6.19. The third kappa shape index (κ3) is 5.68. The summed E-state index contributed by atoms with van der Waals surface area (Å²) >= 11 is 5.87. The van der Waals surface area contributed by atoms with Crippen molar-refractivity contribution in [2.45, 2.75) is 44.0 Å². The molecule has 2 aromatic rings. The van der Waals surface area contributed by atoms with Crippen molar-refractivity contribution in [1.29, 1.82) is 0 Å². The van der Waals surface area contributed by atoms with Gasteiger partial charge in [-0.3, -0.25) is 9.59 Å². The van der Waals surface area contributed by atoms with E-state index in [0.29, 0.717) is 35.7 Å². The number of rotatable bonds is 7. The van der Waals surface area contributed by atoms with Gasteiger partial charge in [-0.1, -0.05) is 30.7 Å². The highest BCUT2D eigenvalue weighted by atomic mass is 35.5. The van der Waals surface area contributed by atoms with Crippen LogP contribution in [-0.2, 0) is 14.8 Å². The van der Waals surface area contributed by atoms with Crippen molar-refractivity contribution in [1.82, 2.24) is 9.62 Å². The SMILES string of the molecule is CC[C@@H](C)NC(=O)c1ccccc1NC(=O)[C@H]1CCCN(S(=O)(=O)c2ccc(Cl)cc2)C1. The number of carbonyl (C=O) groups excluding carboxylic acids is 2. The maximum Gasteiger partial charge on any atom is 0.253 e. The molecule has 7 nitrogen and oxygen atoms in total. The van der Waals surface area contributed by atoms with E-state index in [9.17, 15) is 18.0 Å². The lowest BCUT2D eigenvalue weighted by Crippen LogP contribution is -2.43. The van der Waals surface area contributed by atoms with Crippen molar-refractivity contribution in [2.75, 3.05) is 18.4 Å². The van der Waals surface area contributed by atoms with Gasteiger partial charge in [0.2, 0.25) is 15.9 Å². The van der Waals surface area contributed by atoms with Crippen LogP contribution in [0, 0.1) is 5.92 Å². The smallest absolute Gasteiger partial charge is 0.253 e. The van der Waals surface area contributed by atoms with Crippen LogP contribution in [0.15, 0.2) is 53.4 Å².